The number of hydrogen-bond donors (Lipinski definition) is 0. The van der Waals surface area contributed by atoms with E-state index >= 15 is 0 Å². The van der Waals surface area contributed by atoms with Crippen molar-refractivity contribution in [3.8, 4) is 0 Å². The maximum absolute atomic E-state index is 12.3. The van der Waals surface area contributed by atoms with Crippen molar-refractivity contribution >= 4 is 21.6 Å². The molecular formula is C24H37N3O4S. The van der Waals surface area contributed by atoms with Crippen LogP contribution < -0.4 is 4.90 Å². The van der Waals surface area contributed by atoms with Gasteiger partial charge in [0.2, 0.25) is 0 Å². The van der Waals surface area contributed by atoms with E-state index in [1.807, 2.05) is 37.8 Å². The Morgan fingerprint density at radius 3 is 2.25 bits per heavy atom. The molecule has 8 heteroatoms. The van der Waals surface area contributed by atoms with E-state index < -0.39 is 15.4 Å². The number of piperidine rings is 1. The predicted octanol–water partition coefficient (Wildman–Crippen LogP) is 3.39. The lowest BCUT2D eigenvalue weighted by Crippen LogP contribution is -2.47. The Labute approximate surface area is 192 Å². The first-order valence-electron chi connectivity index (χ1n) is 11.8. The zero-order chi connectivity index (χ0) is 23.1. The van der Waals surface area contributed by atoms with E-state index in [1.165, 1.54) is 19.1 Å². The van der Waals surface area contributed by atoms with Gasteiger partial charge in [-0.25, -0.2) is 13.2 Å². The number of nitrogens with zero attached hydrogens (tertiary/aromatic N) is 3. The molecule has 0 spiro atoms. The van der Waals surface area contributed by atoms with Crippen LogP contribution in [-0.4, -0.2) is 81.0 Å². The molecule has 1 amide bonds. The van der Waals surface area contributed by atoms with Gasteiger partial charge in [-0.3, -0.25) is 4.90 Å². The SMILES string of the molecule is CC(C)(C)OC(=O)N1CCC(CCN2C[C@@H]3C[C@H]2CN3c2ccc(S(C)(=O)=O)cc2)CC1. The summed E-state index contributed by atoms with van der Waals surface area (Å²) < 4.78 is 28.9. The molecule has 7 nitrogen and oxygen atoms in total. The largest absolute Gasteiger partial charge is 0.444 e. The molecule has 0 saturated carbocycles. The topological polar surface area (TPSA) is 70.2 Å². The van der Waals surface area contributed by atoms with E-state index in [0.29, 0.717) is 22.9 Å². The lowest BCUT2D eigenvalue weighted by molar-refractivity contribution is 0.0177. The van der Waals surface area contributed by atoms with E-state index in [9.17, 15) is 13.2 Å². The van der Waals surface area contributed by atoms with Crippen LogP contribution in [0.25, 0.3) is 0 Å². The highest BCUT2D eigenvalue weighted by atomic mass is 32.2. The van der Waals surface area contributed by atoms with Gasteiger partial charge in [-0.2, -0.15) is 0 Å². The number of amides is 1. The molecule has 178 valence electrons. The number of benzene rings is 1. The Hall–Kier alpha value is -1.80. The summed E-state index contributed by atoms with van der Waals surface area (Å²) in [4.78, 5) is 19.6. The lowest BCUT2D eigenvalue weighted by Gasteiger charge is -2.37. The molecule has 1 aromatic rings. The van der Waals surface area contributed by atoms with Gasteiger partial charge in [0.05, 0.1) is 4.90 Å². The van der Waals surface area contributed by atoms with Crippen molar-refractivity contribution in [1.29, 1.82) is 0 Å². The van der Waals surface area contributed by atoms with Gasteiger partial charge in [0.25, 0.3) is 0 Å². The fraction of sp³-hybridized carbons (Fsp3) is 0.708. The van der Waals surface area contributed by atoms with E-state index in [1.54, 1.807) is 12.1 Å². The fourth-order valence-corrected chi connectivity index (χ4v) is 5.93. The van der Waals surface area contributed by atoms with Gasteiger partial charge in [0.15, 0.2) is 9.84 Å². The quantitative estimate of drug-likeness (QED) is 0.667. The molecule has 0 aliphatic carbocycles. The van der Waals surface area contributed by atoms with Gasteiger partial charge in [-0.05, 0) is 83.2 Å². The van der Waals surface area contributed by atoms with Crippen molar-refractivity contribution in [3.63, 3.8) is 0 Å². The van der Waals surface area contributed by atoms with Gasteiger partial charge < -0.3 is 14.5 Å². The van der Waals surface area contributed by atoms with Crippen molar-refractivity contribution in [2.24, 2.45) is 5.92 Å². The molecule has 3 heterocycles. The second-order valence-electron chi connectivity index (χ2n) is 10.7. The molecule has 0 unspecified atom stereocenters. The fourth-order valence-electron chi connectivity index (χ4n) is 5.30. The molecule has 0 radical (unpaired) electrons. The first kappa shape index (κ1) is 23.4. The second-order valence-corrected chi connectivity index (χ2v) is 12.7. The molecule has 32 heavy (non-hydrogen) atoms. The number of piperazine rings is 1. The minimum Gasteiger partial charge on any atom is -0.444 e. The average Bonchev–Trinajstić information content (AvgIpc) is 3.31. The molecule has 3 aliphatic heterocycles. The van der Waals surface area contributed by atoms with Crippen molar-refractivity contribution in [2.45, 2.75) is 69.0 Å². The predicted molar refractivity (Wildman–Crippen MR) is 126 cm³/mol. The molecule has 0 aromatic heterocycles. The summed E-state index contributed by atoms with van der Waals surface area (Å²) in [7, 11) is -3.15. The minimum atomic E-state index is -3.15. The smallest absolute Gasteiger partial charge is 0.410 e. The number of carbonyl (C=O) groups excluding carboxylic acids is 1. The van der Waals surface area contributed by atoms with Crippen LogP contribution in [0.3, 0.4) is 0 Å². The van der Waals surface area contributed by atoms with Crippen LogP contribution in [0.5, 0.6) is 0 Å². The summed E-state index contributed by atoms with van der Waals surface area (Å²) in [5, 5.41) is 0. The lowest BCUT2D eigenvalue weighted by atomic mass is 9.93. The molecule has 2 bridgehead atoms. The van der Waals surface area contributed by atoms with E-state index in [2.05, 4.69) is 9.80 Å². The molecule has 3 saturated heterocycles. The minimum absolute atomic E-state index is 0.183. The van der Waals surface area contributed by atoms with Gasteiger partial charge in [-0.1, -0.05) is 0 Å². The number of anilines is 1. The number of hydrogen-bond acceptors (Lipinski definition) is 6. The average molecular weight is 464 g/mol. The molecule has 3 aliphatic rings. The summed E-state index contributed by atoms with van der Waals surface area (Å²) in [6, 6.07) is 8.42. The Bertz CT molecular complexity index is 918. The molecule has 1 aromatic carbocycles. The number of fused-ring (bicyclic) bond motifs is 2. The van der Waals surface area contributed by atoms with Crippen molar-refractivity contribution in [3.05, 3.63) is 24.3 Å². The summed E-state index contributed by atoms with van der Waals surface area (Å²) in [6.07, 6.45) is 5.55. The van der Waals surface area contributed by atoms with Gasteiger partial charge in [-0.15, -0.1) is 0 Å². The van der Waals surface area contributed by atoms with Crippen LogP contribution >= 0.6 is 0 Å². The van der Waals surface area contributed by atoms with E-state index in [-0.39, 0.29) is 6.09 Å². The molecule has 4 rings (SSSR count). The van der Waals surface area contributed by atoms with Crippen LogP contribution in [0.1, 0.15) is 46.5 Å². The highest BCUT2D eigenvalue weighted by Crippen LogP contribution is 2.35. The van der Waals surface area contributed by atoms with Crippen LogP contribution in [0.2, 0.25) is 0 Å². The number of sulfone groups is 1. The van der Waals surface area contributed by atoms with Crippen molar-refractivity contribution in [1.82, 2.24) is 9.80 Å². The van der Waals surface area contributed by atoms with Gasteiger partial charge in [0.1, 0.15) is 5.60 Å². The maximum Gasteiger partial charge on any atom is 0.410 e. The zero-order valence-electron chi connectivity index (χ0n) is 19.8. The Kier molecular flexibility index (Phi) is 6.47. The number of carbonyl (C=O) groups is 1. The molecule has 0 N–H and O–H groups in total. The summed E-state index contributed by atoms with van der Waals surface area (Å²) in [5.74, 6) is 0.674. The van der Waals surface area contributed by atoms with Crippen LogP contribution in [-0.2, 0) is 14.6 Å². The maximum atomic E-state index is 12.3. The molecule has 2 atom stereocenters. The normalized spacial score (nSPS) is 24.9. The highest BCUT2D eigenvalue weighted by Gasteiger charge is 2.43. The molecule has 3 fully saturated rings. The van der Waals surface area contributed by atoms with Gasteiger partial charge in [0, 0.05) is 50.2 Å². The van der Waals surface area contributed by atoms with Crippen molar-refractivity contribution in [2.75, 3.05) is 43.9 Å². The standard InChI is InChI=1S/C24H37N3O4S/c1-24(2,3)31-23(28)25-12-9-18(10-13-25)11-14-26-16-21-15-20(26)17-27(21)19-5-7-22(8-6-19)32(4,29)30/h5-8,18,20-21H,9-17H2,1-4H3/t20-,21-/m0/s1. The van der Waals surface area contributed by atoms with Crippen molar-refractivity contribution < 1.29 is 17.9 Å². The zero-order valence-corrected chi connectivity index (χ0v) is 20.6. The first-order chi connectivity index (χ1) is 15.0. The Morgan fingerprint density at radius 2 is 1.72 bits per heavy atom. The van der Waals surface area contributed by atoms with Crippen LogP contribution in [0, 0.1) is 5.92 Å². The Morgan fingerprint density at radius 1 is 1.06 bits per heavy atom. The Balaban J connectivity index is 1.21. The second kappa shape index (κ2) is 8.86. The van der Waals surface area contributed by atoms with E-state index in [0.717, 1.165) is 51.3 Å². The third kappa shape index (κ3) is 5.39. The number of likely N-dealkylation sites (tertiary alicyclic amines) is 2. The van der Waals surface area contributed by atoms with Gasteiger partial charge >= 0.3 is 6.09 Å². The number of rotatable bonds is 5. The molecular weight excluding hydrogens is 426 g/mol. The first-order valence-corrected chi connectivity index (χ1v) is 13.7. The third-order valence-corrected chi connectivity index (χ3v) is 8.17. The monoisotopic (exact) mass is 463 g/mol. The highest BCUT2D eigenvalue weighted by molar-refractivity contribution is 7.90. The van der Waals surface area contributed by atoms with E-state index in [4.69, 9.17) is 4.74 Å². The summed E-state index contributed by atoms with van der Waals surface area (Å²) in [5.41, 5.74) is 0.686. The summed E-state index contributed by atoms with van der Waals surface area (Å²) >= 11 is 0. The third-order valence-electron chi connectivity index (χ3n) is 7.04. The summed E-state index contributed by atoms with van der Waals surface area (Å²) in [6.45, 7) is 10.5. The number of ether oxygens (including phenoxy) is 1. The van der Waals surface area contributed by atoms with Crippen LogP contribution in [0.4, 0.5) is 10.5 Å². The van der Waals surface area contributed by atoms with Crippen LogP contribution in [0.15, 0.2) is 29.2 Å².